The average Bonchev–Trinajstić information content (AvgIpc) is 3.02. The fraction of sp³-hybridized carbons (Fsp3) is 0.294. The lowest BCUT2D eigenvalue weighted by atomic mass is 10.1. The van der Waals surface area contributed by atoms with Gasteiger partial charge in [0.2, 0.25) is 0 Å². The lowest BCUT2D eigenvalue weighted by Gasteiger charge is -2.10. The number of ether oxygens (including phenoxy) is 2. The number of nitrogens with zero attached hydrogens (tertiary/aromatic N) is 3. The van der Waals surface area contributed by atoms with Gasteiger partial charge in [-0.15, -0.1) is 5.10 Å². The maximum atomic E-state index is 5.38. The van der Waals surface area contributed by atoms with Crippen LogP contribution in [0.2, 0.25) is 0 Å². The molecule has 3 aromatic rings. The molecule has 0 unspecified atom stereocenters. The number of fused-ring (bicyclic) bond motifs is 1. The summed E-state index contributed by atoms with van der Waals surface area (Å²) >= 11 is 0. The number of hydrogen-bond acceptors (Lipinski definition) is 5. The Hall–Kier alpha value is -2.76. The maximum Gasteiger partial charge on any atom is 0.161 e. The van der Waals surface area contributed by atoms with Gasteiger partial charge in [-0.2, -0.15) is 0 Å². The summed E-state index contributed by atoms with van der Waals surface area (Å²) in [6.45, 7) is 3.01. The summed E-state index contributed by atoms with van der Waals surface area (Å²) in [5, 5.41) is 7.91. The highest BCUT2D eigenvalue weighted by Crippen LogP contribution is 2.32. The molecule has 0 aliphatic rings. The topological polar surface area (TPSA) is 60.7 Å². The van der Waals surface area contributed by atoms with Gasteiger partial charge in [0.1, 0.15) is 5.82 Å². The molecule has 0 spiro atoms. The van der Waals surface area contributed by atoms with Gasteiger partial charge < -0.3 is 14.8 Å². The molecular formula is C17H20N4O2. The third-order valence-electron chi connectivity index (χ3n) is 3.60. The van der Waals surface area contributed by atoms with Crippen LogP contribution in [0.3, 0.4) is 0 Å². The van der Waals surface area contributed by atoms with Gasteiger partial charge in [-0.25, -0.2) is 9.50 Å². The van der Waals surface area contributed by atoms with E-state index in [2.05, 4.69) is 22.3 Å². The highest BCUT2D eigenvalue weighted by molar-refractivity contribution is 5.67. The number of imidazole rings is 1. The summed E-state index contributed by atoms with van der Waals surface area (Å²) in [7, 11) is 3.25. The first kappa shape index (κ1) is 15.1. The van der Waals surface area contributed by atoms with Crippen LogP contribution in [0.25, 0.3) is 16.9 Å². The van der Waals surface area contributed by atoms with E-state index in [1.807, 2.05) is 41.0 Å². The largest absolute Gasteiger partial charge is 0.493 e. The zero-order valence-electron chi connectivity index (χ0n) is 13.5. The van der Waals surface area contributed by atoms with Crippen molar-refractivity contribution in [3.63, 3.8) is 0 Å². The maximum absolute atomic E-state index is 5.38. The highest BCUT2D eigenvalue weighted by atomic mass is 16.5. The monoisotopic (exact) mass is 312 g/mol. The van der Waals surface area contributed by atoms with E-state index in [4.69, 9.17) is 9.47 Å². The Balaban J connectivity index is 2.05. The van der Waals surface area contributed by atoms with Crippen LogP contribution in [0.4, 0.5) is 5.82 Å². The van der Waals surface area contributed by atoms with Crippen molar-refractivity contribution in [3.8, 4) is 22.8 Å². The fourth-order valence-electron chi connectivity index (χ4n) is 2.41. The summed E-state index contributed by atoms with van der Waals surface area (Å²) in [5.41, 5.74) is 2.67. The van der Waals surface area contributed by atoms with E-state index in [0.29, 0.717) is 11.5 Å². The highest BCUT2D eigenvalue weighted by Gasteiger charge is 2.11. The Labute approximate surface area is 135 Å². The molecule has 120 valence electrons. The molecule has 2 heterocycles. The first-order chi connectivity index (χ1) is 11.3. The Morgan fingerprint density at radius 2 is 1.91 bits per heavy atom. The number of methoxy groups -OCH3 is 2. The van der Waals surface area contributed by atoms with Crippen LogP contribution in [-0.4, -0.2) is 35.4 Å². The Bertz CT molecular complexity index is 813. The van der Waals surface area contributed by atoms with Crippen molar-refractivity contribution in [2.75, 3.05) is 26.1 Å². The van der Waals surface area contributed by atoms with E-state index in [1.54, 1.807) is 14.2 Å². The van der Waals surface area contributed by atoms with Crippen molar-refractivity contribution < 1.29 is 9.47 Å². The van der Waals surface area contributed by atoms with Crippen molar-refractivity contribution in [1.29, 1.82) is 0 Å². The van der Waals surface area contributed by atoms with Crippen molar-refractivity contribution >= 4 is 11.5 Å². The van der Waals surface area contributed by atoms with Gasteiger partial charge in [-0.05, 0) is 36.8 Å². The molecule has 0 fully saturated rings. The molecule has 6 nitrogen and oxygen atoms in total. The van der Waals surface area contributed by atoms with Gasteiger partial charge in [0, 0.05) is 12.1 Å². The zero-order valence-corrected chi connectivity index (χ0v) is 13.5. The summed E-state index contributed by atoms with van der Waals surface area (Å²) in [5.74, 6) is 2.21. The predicted molar refractivity (Wildman–Crippen MR) is 90.3 cm³/mol. The zero-order chi connectivity index (χ0) is 16.2. The van der Waals surface area contributed by atoms with Crippen LogP contribution in [0, 0.1) is 0 Å². The van der Waals surface area contributed by atoms with E-state index in [9.17, 15) is 0 Å². The molecule has 3 rings (SSSR count). The molecule has 0 aliphatic carbocycles. The first-order valence-electron chi connectivity index (χ1n) is 7.58. The van der Waals surface area contributed by atoms with Gasteiger partial charge in [0.05, 0.1) is 26.1 Å². The SMILES string of the molecule is CCCNc1ccc2ncc(-c3ccc(OC)c(OC)c3)n2n1. The van der Waals surface area contributed by atoms with Crippen LogP contribution < -0.4 is 14.8 Å². The molecule has 0 aliphatic heterocycles. The van der Waals surface area contributed by atoms with E-state index >= 15 is 0 Å². The fourth-order valence-corrected chi connectivity index (χ4v) is 2.41. The summed E-state index contributed by atoms with van der Waals surface area (Å²) in [6, 6.07) is 9.67. The van der Waals surface area contributed by atoms with E-state index < -0.39 is 0 Å². The molecule has 0 saturated carbocycles. The van der Waals surface area contributed by atoms with E-state index in [1.165, 1.54) is 0 Å². The van der Waals surface area contributed by atoms with Crippen molar-refractivity contribution in [2.45, 2.75) is 13.3 Å². The minimum Gasteiger partial charge on any atom is -0.493 e. The molecule has 1 aromatic carbocycles. The predicted octanol–water partition coefficient (Wildman–Crippen LogP) is 3.24. The number of anilines is 1. The smallest absolute Gasteiger partial charge is 0.161 e. The molecule has 0 bridgehead atoms. The first-order valence-corrected chi connectivity index (χ1v) is 7.58. The number of nitrogens with one attached hydrogen (secondary N) is 1. The van der Waals surface area contributed by atoms with Crippen LogP contribution in [0.15, 0.2) is 36.5 Å². The van der Waals surface area contributed by atoms with Gasteiger partial charge in [0.25, 0.3) is 0 Å². The van der Waals surface area contributed by atoms with Crippen LogP contribution in [-0.2, 0) is 0 Å². The summed E-state index contributed by atoms with van der Waals surface area (Å²) in [4.78, 5) is 4.42. The quantitative estimate of drug-likeness (QED) is 0.757. The second-order valence-corrected chi connectivity index (χ2v) is 5.13. The minimum absolute atomic E-state index is 0.681. The van der Waals surface area contributed by atoms with Crippen LogP contribution in [0.5, 0.6) is 11.5 Å². The summed E-state index contributed by atoms with van der Waals surface area (Å²) < 4.78 is 12.5. The lowest BCUT2D eigenvalue weighted by Crippen LogP contribution is -2.05. The third kappa shape index (κ3) is 2.92. The number of benzene rings is 1. The Morgan fingerprint density at radius 1 is 1.09 bits per heavy atom. The van der Waals surface area contributed by atoms with Gasteiger partial charge in [0.15, 0.2) is 17.1 Å². The number of rotatable bonds is 6. The Kier molecular flexibility index (Phi) is 4.32. The normalized spacial score (nSPS) is 10.7. The second-order valence-electron chi connectivity index (χ2n) is 5.13. The lowest BCUT2D eigenvalue weighted by molar-refractivity contribution is 0.355. The molecule has 23 heavy (non-hydrogen) atoms. The molecular weight excluding hydrogens is 292 g/mol. The van der Waals surface area contributed by atoms with Gasteiger partial charge in [-0.1, -0.05) is 6.92 Å². The summed E-state index contributed by atoms with van der Waals surface area (Å²) in [6.07, 6.45) is 2.86. The molecule has 0 amide bonds. The van der Waals surface area contributed by atoms with Crippen LogP contribution in [0.1, 0.15) is 13.3 Å². The van der Waals surface area contributed by atoms with E-state index in [0.717, 1.165) is 35.7 Å². The number of aromatic nitrogens is 3. The number of hydrogen-bond donors (Lipinski definition) is 1. The minimum atomic E-state index is 0.681. The second kappa shape index (κ2) is 6.56. The van der Waals surface area contributed by atoms with Gasteiger partial charge in [-0.3, -0.25) is 0 Å². The molecule has 0 radical (unpaired) electrons. The van der Waals surface area contributed by atoms with E-state index in [-0.39, 0.29) is 0 Å². The molecule has 0 saturated heterocycles. The van der Waals surface area contributed by atoms with Crippen molar-refractivity contribution in [2.24, 2.45) is 0 Å². The molecule has 1 N–H and O–H groups in total. The Morgan fingerprint density at radius 3 is 2.65 bits per heavy atom. The van der Waals surface area contributed by atoms with Crippen molar-refractivity contribution in [3.05, 3.63) is 36.5 Å². The third-order valence-corrected chi connectivity index (χ3v) is 3.60. The molecule has 2 aromatic heterocycles. The van der Waals surface area contributed by atoms with Gasteiger partial charge >= 0.3 is 0 Å². The molecule has 0 atom stereocenters. The average molecular weight is 312 g/mol. The standard InChI is InChI=1S/C17H20N4O2/c1-4-9-18-16-7-8-17-19-11-13(21(17)20-16)12-5-6-14(22-2)15(10-12)23-3/h5-8,10-11H,4,9H2,1-3H3,(H,18,20). The van der Waals surface area contributed by atoms with Crippen LogP contribution >= 0.6 is 0 Å². The van der Waals surface area contributed by atoms with Crippen molar-refractivity contribution in [1.82, 2.24) is 14.6 Å². The molecule has 6 heteroatoms.